The average Bonchev–Trinajstić information content (AvgIpc) is 3.21. The Labute approximate surface area is 204 Å². The van der Waals surface area contributed by atoms with E-state index < -0.39 is 9.84 Å². The van der Waals surface area contributed by atoms with Crippen LogP contribution in [0.25, 0.3) is 0 Å². The van der Waals surface area contributed by atoms with Crippen LogP contribution in [-0.2, 0) is 14.6 Å². The van der Waals surface area contributed by atoms with Gasteiger partial charge in [-0.1, -0.05) is 49.3 Å². The van der Waals surface area contributed by atoms with Crippen LogP contribution in [0, 0.1) is 12.8 Å². The summed E-state index contributed by atoms with van der Waals surface area (Å²) in [5.41, 5.74) is 1.66. The average molecular weight is 507 g/mol. The Bertz CT molecular complexity index is 1190. The van der Waals surface area contributed by atoms with Crippen molar-refractivity contribution in [1.29, 1.82) is 0 Å². The van der Waals surface area contributed by atoms with Gasteiger partial charge in [0.2, 0.25) is 0 Å². The molecule has 0 aromatic heterocycles. The van der Waals surface area contributed by atoms with Crippen LogP contribution in [0.2, 0.25) is 5.02 Å². The van der Waals surface area contributed by atoms with Crippen molar-refractivity contribution in [2.45, 2.75) is 44.9 Å². The van der Waals surface area contributed by atoms with Gasteiger partial charge in [-0.25, -0.2) is 8.42 Å². The van der Waals surface area contributed by atoms with Crippen LogP contribution in [0.1, 0.15) is 32.3 Å². The van der Waals surface area contributed by atoms with Crippen LogP contribution >= 0.6 is 23.4 Å². The largest absolute Gasteiger partial charge is 0.455 e. The fourth-order valence-electron chi connectivity index (χ4n) is 4.24. The quantitative estimate of drug-likeness (QED) is 0.516. The topological polar surface area (TPSA) is 76.0 Å². The molecule has 2 heterocycles. The molecule has 0 N–H and O–H groups in total. The number of carbonyl (C=O) groups excluding carboxylic acids is 1. The summed E-state index contributed by atoms with van der Waals surface area (Å²) in [6.07, 6.45) is 1.41. The first-order valence-electron chi connectivity index (χ1n) is 11.0. The molecule has 0 radical (unpaired) electrons. The number of sulfone groups is 1. The standard InChI is InChI=1S/C24H27ClN2O4S2/c1-4-16(5-2)23(28)26-24-27(20-13-33(29,30)14-22(20)32-24)19-12-17(25)9-10-21(19)31-18-8-6-7-15(3)11-18/h6-12,16,20,22H,4-5,13-14H2,1-3H3/t20-,22-/m0/s1. The minimum absolute atomic E-state index is 0.000734. The molecule has 9 heteroatoms. The number of amides is 1. The van der Waals surface area contributed by atoms with Crippen molar-refractivity contribution >= 4 is 50.0 Å². The number of thioether (sulfide) groups is 1. The Morgan fingerprint density at radius 3 is 2.67 bits per heavy atom. The van der Waals surface area contributed by atoms with Crippen LogP contribution in [0.3, 0.4) is 0 Å². The molecule has 2 aliphatic rings. The molecular weight excluding hydrogens is 480 g/mol. The number of fused-ring (bicyclic) bond motifs is 1. The third kappa shape index (κ3) is 5.23. The van der Waals surface area contributed by atoms with Gasteiger partial charge in [0.05, 0.1) is 23.2 Å². The van der Waals surface area contributed by atoms with Gasteiger partial charge in [0.1, 0.15) is 5.75 Å². The lowest BCUT2D eigenvalue weighted by Crippen LogP contribution is -2.38. The summed E-state index contributed by atoms with van der Waals surface area (Å²) in [6.45, 7) is 5.92. The second kappa shape index (κ2) is 9.68. The predicted octanol–water partition coefficient (Wildman–Crippen LogP) is 5.48. The molecule has 2 fully saturated rings. The molecule has 0 spiro atoms. The number of hydrogen-bond donors (Lipinski definition) is 0. The zero-order valence-electron chi connectivity index (χ0n) is 18.8. The van der Waals surface area contributed by atoms with E-state index in [0.29, 0.717) is 40.2 Å². The number of ether oxygens (including phenoxy) is 1. The second-order valence-corrected chi connectivity index (χ2v) is 12.2. The molecule has 0 bridgehead atoms. The number of nitrogens with zero attached hydrogens (tertiary/aromatic N) is 2. The van der Waals surface area contributed by atoms with Gasteiger partial charge >= 0.3 is 0 Å². The molecule has 2 aliphatic heterocycles. The van der Waals surface area contributed by atoms with Crippen LogP contribution in [0.15, 0.2) is 47.5 Å². The van der Waals surface area contributed by atoms with E-state index in [1.165, 1.54) is 11.8 Å². The Hall–Kier alpha value is -2.03. The van der Waals surface area contributed by atoms with Crippen LogP contribution < -0.4 is 9.64 Å². The summed E-state index contributed by atoms with van der Waals surface area (Å²) in [4.78, 5) is 19.2. The van der Waals surface area contributed by atoms with Gasteiger partial charge in [0.15, 0.2) is 20.8 Å². The first-order chi connectivity index (χ1) is 15.7. The molecule has 2 saturated heterocycles. The van der Waals surface area contributed by atoms with Gasteiger partial charge < -0.3 is 9.64 Å². The second-order valence-electron chi connectivity index (χ2n) is 8.45. The van der Waals surface area contributed by atoms with E-state index >= 15 is 0 Å². The normalized spacial score (nSPS) is 22.7. The van der Waals surface area contributed by atoms with Crippen molar-refractivity contribution in [2.24, 2.45) is 10.9 Å². The van der Waals surface area contributed by atoms with E-state index in [9.17, 15) is 13.2 Å². The lowest BCUT2D eigenvalue weighted by molar-refractivity contribution is -0.121. The number of halogens is 1. The number of benzene rings is 2. The van der Waals surface area contributed by atoms with Crippen LogP contribution in [-0.4, -0.2) is 42.3 Å². The summed E-state index contributed by atoms with van der Waals surface area (Å²) in [5, 5.41) is 0.795. The molecule has 2 aromatic rings. The maximum atomic E-state index is 12.9. The summed E-state index contributed by atoms with van der Waals surface area (Å²) < 4.78 is 31.1. The summed E-state index contributed by atoms with van der Waals surface area (Å²) in [7, 11) is -3.19. The zero-order valence-corrected chi connectivity index (χ0v) is 21.2. The molecule has 2 atom stereocenters. The van der Waals surface area contributed by atoms with E-state index in [1.54, 1.807) is 18.2 Å². The van der Waals surface area contributed by atoms with Crippen molar-refractivity contribution in [1.82, 2.24) is 0 Å². The number of carbonyl (C=O) groups is 1. The highest BCUT2D eigenvalue weighted by atomic mass is 35.5. The third-order valence-corrected chi connectivity index (χ3v) is 9.45. The molecule has 6 nitrogen and oxygen atoms in total. The molecule has 1 amide bonds. The lowest BCUT2D eigenvalue weighted by atomic mass is 10.0. The number of aliphatic imine (C=N–C) groups is 1. The lowest BCUT2D eigenvalue weighted by Gasteiger charge is -2.27. The minimum Gasteiger partial charge on any atom is -0.455 e. The summed E-state index contributed by atoms with van der Waals surface area (Å²) in [5.74, 6) is 0.904. The maximum absolute atomic E-state index is 12.9. The molecule has 176 valence electrons. The van der Waals surface area contributed by atoms with Crippen molar-refractivity contribution in [3.8, 4) is 11.5 Å². The summed E-state index contributed by atoms with van der Waals surface area (Å²) in [6, 6.07) is 12.6. The van der Waals surface area contributed by atoms with Gasteiger partial charge in [-0.3, -0.25) is 4.79 Å². The Morgan fingerprint density at radius 1 is 1.21 bits per heavy atom. The number of rotatable bonds is 6. The van der Waals surface area contributed by atoms with Crippen LogP contribution in [0.5, 0.6) is 11.5 Å². The van der Waals surface area contributed by atoms with Gasteiger partial charge in [0, 0.05) is 16.2 Å². The highest BCUT2D eigenvalue weighted by Crippen LogP contribution is 2.45. The molecule has 4 rings (SSSR count). The Kier molecular flexibility index (Phi) is 7.07. The van der Waals surface area contributed by atoms with E-state index in [2.05, 4.69) is 4.99 Å². The molecule has 2 aromatic carbocycles. The molecule has 33 heavy (non-hydrogen) atoms. The van der Waals surface area contributed by atoms with Crippen molar-refractivity contribution in [3.05, 3.63) is 53.1 Å². The Balaban J connectivity index is 1.79. The van der Waals surface area contributed by atoms with E-state index in [-0.39, 0.29) is 34.6 Å². The first-order valence-corrected chi connectivity index (χ1v) is 14.1. The number of aryl methyl sites for hydroxylation is 1. The molecular formula is C24H27ClN2O4S2. The molecule has 0 aliphatic carbocycles. The van der Waals surface area contributed by atoms with Crippen molar-refractivity contribution in [2.75, 3.05) is 16.4 Å². The fourth-order valence-corrected chi connectivity index (χ4v) is 8.32. The third-order valence-electron chi connectivity index (χ3n) is 6.01. The smallest absolute Gasteiger partial charge is 0.251 e. The number of hydrogen-bond acceptors (Lipinski definition) is 5. The van der Waals surface area contributed by atoms with Gasteiger partial charge in [-0.15, -0.1) is 0 Å². The fraction of sp³-hybridized carbons (Fsp3) is 0.417. The monoisotopic (exact) mass is 506 g/mol. The Morgan fingerprint density at radius 2 is 1.97 bits per heavy atom. The maximum Gasteiger partial charge on any atom is 0.251 e. The van der Waals surface area contributed by atoms with E-state index in [1.807, 2.05) is 49.9 Å². The summed E-state index contributed by atoms with van der Waals surface area (Å²) >= 11 is 7.71. The van der Waals surface area contributed by atoms with E-state index in [0.717, 1.165) is 5.56 Å². The molecule has 0 unspecified atom stereocenters. The van der Waals surface area contributed by atoms with Crippen molar-refractivity contribution in [3.63, 3.8) is 0 Å². The predicted molar refractivity (Wildman–Crippen MR) is 136 cm³/mol. The number of anilines is 1. The van der Waals surface area contributed by atoms with Crippen molar-refractivity contribution < 1.29 is 17.9 Å². The molecule has 0 saturated carbocycles. The zero-order chi connectivity index (χ0) is 23.8. The first kappa shape index (κ1) is 24.1. The van der Waals surface area contributed by atoms with Gasteiger partial charge in [-0.05, 0) is 55.7 Å². The van der Waals surface area contributed by atoms with Gasteiger partial charge in [0.25, 0.3) is 5.91 Å². The SMILES string of the molecule is CCC(CC)C(=O)N=C1S[C@H]2CS(=O)(=O)C[C@@H]2N1c1cc(Cl)ccc1Oc1cccc(C)c1. The number of amidine groups is 1. The van der Waals surface area contributed by atoms with Crippen LogP contribution in [0.4, 0.5) is 5.69 Å². The van der Waals surface area contributed by atoms with E-state index in [4.69, 9.17) is 16.3 Å². The highest BCUT2D eigenvalue weighted by molar-refractivity contribution is 8.16. The highest BCUT2D eigenvalue weighted by Gasteiger charge is 2.50. The van der Waals surface area contributed by atoms with Gasteiger partial charge in [-0.2, -0.15) is 4.99 Å². The minimum atomic E-state index is -3.19.